The van der Waals surface area contributed by atoms with Gasteiger partial charge < -0.3 is 0 Å². The van der Waals surface area contributed by atoms with Gasteiger partial charge in [0.15, 0.2) is 5.78 Å². The fraction of sp³-hybridized carbons (Fsp3) is 0.300. The summed E-state index contributed by atoms with van der Waals surface area (Å²) in [5.74, 6) is 0.238. The number of rotatable bonds is 4. The van der Waals surface area contributed by atoms with Gasteiger partial charge in [-0.2, -0.15) is 0 Å². The van der Waals surface area contributed by atoms with Crippen LogP contribution in [0.4, 0.5) is 4.39 Å². The Labute approximate surface area is 95.4 Å². The van der Waals surface area contributed by atoms with E-state index in [4.69, 9.17) is 11.6 Å². The van der Waals surface area contributed by atoms with Crippen molar-refractivity contribution in [3.8, 4) is 0 Å². The number of benzene rings is 1. The van der Waals surface area contributed by atoms with Crippen LogP contribution in [0.3, 0.4) is 0 Å². The first-order valence-electron chi connectivity index (χ1n) is 4.12. The molecule has 0 aliphatic carbocycles. The van der Waals surface area contributed by atoms with E-state index in [-0.39, 0.29) is 12.2 Å². The molecule has 0 unspecified atom stereocenters. The van der Waals surface area contributed by atoms with E-state index in [0.29, 0.717) is 21.5 Å². The summed E-state index contributed by atoms with van der Waals surface area (Å²) in [6.45, 7) is -0.581. The van der Waals surface area contributed by atoms with Gasteiger partial charge >= 0.3 is 0 Å². The van der Waals surface area contributed by atoms with Crippen molar-refractivity contribution >= 4 is 33.3 Å². The van der Waals surface area contributed by atoms with Crippen molar-refractivity contribution in [2.45, 2.75) is 13.1 Å². The number of carbonyl (C=O) groups excluding carboxylic acids is 1. The zero-order valence-electron chi connectivity index (χ0n) is 7.40. The highest BCUT2D eigenvalue weighted by Gasteiger charge is 2.07. The maximum atomic E-state index is 12.4. The van der Waals surface area contributed by atoms with Crippen LogP contribution < -0.4 is 0 Å². The molecule has 0 N–H and O–H groups in total. The molecule has 1 aromatic rings. The van der Waals surface area contributed by atoms with Gasteiger partial charge in [0.1, 0.15) is 6.67 Å². The van der Waals surface area contributed by atoms with Crippen molar-refractivity contribution in [3.63, 3.8) is 0 Å². The van der Waals surface area contributed by atoms with E-state index in [9.17, 15) is 9.18 Å². The van der Waals surface area contributed by atoms with Crippen LogP contribution in [-0.4, -0.2) is 11.7 Å². The van der Waals surface area contributed by atoms with Crippen molar-refractivity contribution in [2.75, 3.05) is 5.88 Å². The maximum Gasteiger partial charge on any atom is 0.164 e. The Morgan fingerprint density at radius 3 is 2.79 bits per heavy atom. The van der Waals surface area contributed by atoms with Crippen molar-refractivity contribution < 1.29 is 9.18 Å². The predicted molar refractivity (Wildman–Crippen MR) is 58.6 cm³/mol. The highest BCUT2D eigenvalue weighted by molar-refractivity contribution is 9.10. The molecule has 0 fully saturated rings. The molecule has 1 nitrogen and oxygen atoms in total. The summed E-state index contributed by atoms with van der Waals surface area (Å²) in [4.78, 5) is 11.4. The highest BCUT2D eigenvalue weighted by Crippen LogP contribution is 2.20. The maximum absolute atomic E-state index is 12.4. The Hall–Kier alpha value is -0.410. The van der Waals surface area contributed by atoms with Crippen LogP contribution in [0.15, 0.2) is 22.7 Å². The SMILES string of the molecule is O=C(CCCl)c1ccc(Br)c(CF)c1. The second kappa shape index (κ2) is 5.47. The van der Waals surface area contributed by atoms with Gasteiger partial charge in [-0.05, 0) is 17.7 Å². The van der Waals surface area contributed by atoms with Crippen LogP contribution in [0.2, 0.25) is 0 Å². The smallest absolute Gasteiger partial charge is 0.164 e. The normalized spacial score (nSPS) is 10.2. The van der Waals surface area contributed by atoms with Crippen LogP contribution in [0, 0.1) is 0 Å². The first-order valence-corrected chi connectivity index (χ1v) is 5.45. The lowest BCUT2D eigenvalue weighted by Gasteiger charge is -2.03. The molecule has 0 bridgehead atoms. The van der Waals surface area contributed by atoms with Crippen molar-refractivity contribution in [3.05, 3.63) is 33.8 Å². The number of carbonyl (C=O) groups is 1. The van der Waals surface area contributed by atoms with Gasteiger partial charge in [-0.15, -0.1) is 11.6 Å². The number of Topliss-reactive ketones (excluding diaryl/α,β-unsaturated/α-hetero) is 1. The third kappa shape index (κ3) is 2.79. The van der Waals surface area contributed by atoms with Crippen molar-refractivity contribution in [1.82, 2.24) is 0 Å². The van der Waals surface area contributed by atoms with E-state index in [1.807, 2.05) is 0 Å². The lowest BCUT2D eigenvalue weighted by atomic mass is 10.1. The monoisotopic (exact) mass is 278 g/mol. The van der Waals surface area contributed by atoms with Crippen molar-refractivity contribution in [2.24, 2.45) is 0 Å². The van der Waals surface area contributed by atoms with E-state index < -0.39 is 6.67 Å². The largest absolute Gasteiger partial charge is 0.294 e. The quantitative estimate of drug-likeness (QED) is 0.606. The van der Waals surface area contributed by atoms with Crippen molar-refractivity contribution in [1.29, 1.82) is 0 Å². The average molecular weight is 280 g/mol. The van der Waals surface area contributed by atoms with Gasteiger partial charge in [0.25, 0.3) is 0 Å². The number of alkyl halides is 2. The van der Waals surface area contributed by atoms with E-state index in [0.717, 1.165) is 0 Å². The van der Waals surface area contributed by atoms with Gasteiger partial charge in [-0.3, -0.25) is 4.79 Å². The molecule has 14 heavy (non-hydrogen) atoms. The van der Waals surface area contributed by atoms with Gasteiger partial charge in [0.05, 0.1) is 0 Å². The lowest BCUT2D eigenvalue weighted by molar-refractivity contribution is 0.0989. The molecule has 0 aromatic heterocycles. The molecule has 4 heteroatoms. The van der Waals surface area contributed by atoms with Gasteiger partial charge in [0.2, 0.25) is 0 Å². The van der Waals surface area contributed by atoms with E-state index in [1.54, 1.807) is 18.2 Å². The summed E-state index contributed by atoms with van der Waals surface area (Å²) in [5, 5.41) is 0. The second-order valence-corrected chi connectivity index (χ2v) is 4.03. The Morgan fingerprint density at radius 2 is 2.21 bits per heavy atom. The Balaban J connectivity index is 2.94. The molecule has 0 saturated carbocycles. The zero-order chi connectivity index (χ0) is 10.6. The van der Waals surface area contributed by atoms with E-state index in [1.165, 1.54) is 0 Å². The molecular weight excluding hydrogens is 270 g/mol. The highest BCUT2D eigenvalue weighted by atomic mass is 79.9. The molecule has 0 spiro atoms. The third-order valence-corrected chi connectivity index (χ3v) is 2.80. The Bertz CT molecular complexity index is 341. The summed E-state index contributed by atoms with van der Waals surface area (Å²) < 4.78 is 13.1. The molecule has 0 saturated heterocycles. The van der Waals surface area contributed by atoms with Crippen LogP contribution in [0.1, 0.15) is 22.3 Å². The molecule has 0 aliphatic rings. The standard InChI is InChI=1S/C10H9BrClFO/c11-9-2-1-7(5-8(9)6-13)10(14)3-4-12/h1-2,5H,3-4,6H2. The van der Waals surface area contributed by atoms with Crippen LogP contribution in [0.5, 0.6) is 0 Å². The van der Waals surface area contributed by atoms with Crippen LogP contribution >= 0.6 is 27.5 Å². The van der Waals surface area contributed by atoms with E-state index >= 15 is 0 Å². The van der Waals surface area contributed by atoms with Crippen LogP contribution in [-0.2, 0) is 6.67 Å². The molecule has 0 amide bonds. The summed E-state index contributed by atoms with van der Waals surface area (Å²) >= 11 is 8.65. The predicted octanol–water partition coefficient (Wildman–Crippen LogP) is 3.73. The molecular formula is C10H9BrClFO. The first kappa shape index (κ1) is 11.7. The van der Waals surface area contributed by atoms with Gasteiger partial charge in [0, 0.05) is 22.3 Å². The first-order chi connectivity index (χ1) is 6.69. The fourth-order valence-corrected chi connectivity index (χ4v) is 1.60. The Morgan fingerprint density at radius 1 is 1.50 bits per heavy atom. The number of hydrogen-bond acceptors (Lipinski definition) is 1. The van der Waals surface area contributed by atoms with Gasteiger partial charge in [-0.25, -0.2) is 4.39 Å². The topological polar surface area (TPSA) is 17.1 Å². The number of hydrogen-bond donors (Lipinski definition) is 0. The van der Waals surface area contributed by atoms with Gasteiger partial charge in [-0.1, -0.05) is 22.0 Å². The van der Waals surface area contributed by atoms with Crippen LogP contribution in [0.25, 0.3) is 0 Å². The fourth-order valence-electron chi connectivity index (χ4n) is 1.08. The second-order valence-electron chi connectivity index (χ2n) is 2.80. The Kier molecular flexibility index (Phi) is 4.55. The number of halogens is 3. The average Bonchev–Trinajstić information content (AvgIpc) is 2.19. The lowest BCUT2D eigenvalue weighted by Crippen LogP contribution is -2.00. The minimum atomic E-state index is -0.581. The summed E-state index contributed by atoms with van der Waals surface area (Å²) in [6, 6.07) is 4.90. The summed E-state index contributed by atoms with van der Waals surface area (Å²) in [5.41, 5.74) is 1.01. The minimum Gasteiger partial charge on any atom is -0.294 e. The molecule has 0 aliphatic heterocycles. The molecule has 76 valence electrons. The molecule has 0 radical (unpaired) electrons. The zero-order valence-corrected chi connectivity index (χ0v) is 9.74. The summed E-state index contributed by atoms with van der Waals surface area (Å²) in [7, 11) is 0. The number of ketones is 1. The molecule has 1 rings (SSSR count). The molecule has 0 heterocycles. The molecule has 1 aromatic carbocycles. The van der Waals surface area contributed by atoms with E-state index in [2.05, 4.69) is 15.9 Å². The third-order valence-electron chi connectivity index (χ3n) is 1.83. The minimum absolute atomic E-state index is 0.0535. The molecule has 0 atom stereocenters. The summed E-state index contributed by atoms with van der Waals surface area (Å²) in [6.07, 6.45) is 0.287.